The molecule has 24 heavy (non-hydrogen) atoms. The van der Waals surface area contributed by atoms with Crippen LogP contribution in [-0.4, -0.2) is 22.2 Å². The zero-order valence-electron chi connectivity index (χ0n) is 13.2. The van der Waals surface area contributed by atoms with Crippen LogP contribution in [0.15, 0.2) is 73.1 Å². The molecular weight excluding hydrogens is 298 g/mol. The monoisotopic (exact) mass is 315 g/mol. The summed E-state index contributed by atoms with van der Waals surface area (Å²) in [5.74, 6) is 0.00686. The summed E-state index contributed by atoms with van der Waals surface area (Å²) in [6.45, 7) is 0.742. The summed E-state index contributed by atoms with van der Waals surface area (Å²) in [7, 11) is 0. The highest BCUT2D eigenvalue weighted by atomic mass is 16.2. The van der Waals surface area contributed by atoms with Crippen LogP contribution in [0.2, 0.25) is 0 Å². The van der Waals surface area contributed by atoms with Crippen molar-refractivity contribution in [1.29, 1.82) is 0 Å². The SMILES string of the molecule is O=C(/C=C/c1cnn(-c2ccccc2)c1)N1CCc2ccccc21. The van der Waals surface area contributed by atoms with Gasteiger partial charge in [-0.15, -0.1) is 0 Å². The number of hydrogen-bond acceptors (Lipinski definition) is 2. The second kappa shape index (κ2) is 6.16. The van der Waals surface area contributed by atoms with Gasteiger partial charge < -0.3 is 4.90 Å². The van der Waals surface area contributed by atoms with Crippen LogP contribution in [0.3, 0.4) is 0 Å². The van der Waals surface area contributed by atoms with Crippen LogP contribution >= 0.6 is 0 Å². The first-order valence-electron chi connectivity index (χ1n) is 7.99. The van der Waals surface area contributed by atoms with E-state index in [1.807, 2.05) is 65.7 Å². The van der Waals surface area contributed by atoms with Crippen molar-refractivity contribution in [2.45, 2.75) is 6.42 Å². The van der Waals surface area contributed by atoms with Crippen molar-refractivity contribution < 1.29 is 4.79 Å². The summed E-state index contributed by atoms with van der Waals surface area (Å²) in [5.41, 5.74) is 4.15. The first-order chi connectivity index (χ1) is 11.8. The molecule has 4 nitrogen and oxygen atoms in total. The van der Waals surface area contributed by atoms with Gasteiger partial charge in [0.15, 0.2) is 0 Å². The maximum Gasteiger partial charge on any atom is 0.251 e. The number of carbonyl (C=O) groups excluding carboxylic acids is 1. The van der Waals surface area contributed by atoms with Gasteiger partial charge in [-0.1, -0.05) is 36.4 Å². The van der Waals surface area contributed by atoms with Crippen LogP contribution in [0, 0.1) is 0 Å². The number of carbonyl (C=O) groups is 1. The molecule has 4 heteroatoms. The molecule has 1 aromatic heterocycles. The van der Waals surface area contributed by atoms with Gasteiger partial charge in [-0.05, 0) is 36.3 Å². The van der Waals surface area contributed by atoms with Gasteiger partial charge >= 0.3 is 0 Å². The second-order valence-electron chi connectivity index (χ2n) is 5.76. The fraction of sp³-hybridized carbons (Fsp3) is 0.100. The molecule has 0 bridgehead atoms. The fourth-order valence-electron chi connectivity index (χ4n) is 2.97. The van der Waals surface area contributed by atoms with Gasteiger partial charge in [0.25, 0.3) is 5.91 Å². The molecule has 0 atom stereocenters. The van der Waals surface area contributed by atoms with Gasteiger partial charge in [-0.2, -0.15) is 5.10 Å². The molecule has 0 saturated carbocycles. The van der Waals surface area contributed by atoms with Crippen molar-refractivity contribution in [1.82, 2.24) is 9.78 Å². The van der Waals surface area contributed by atoms with Crippen molar-refractivity contribution in [3.05, 3.63) is 84.2 Å². The Morgan fingerprint density at radius 3 is 2.71 bits per heavy atom. The summed E-state index contributed by atoms with van der Waals surface area (Å²) in [4.78, 5) is 14.3. The first-order valence-corrected chi connectivity index (χ1v) is 7.99. The van der Waals surface area contributed by atoms with Gasteiger partial charge in [0.2, 0.25) is 0 Å². The average molecular weight is 315 g/mol. The summed E-state index contributed by atoms with van der Waals surface area (Å²) < 4.78 is 1.80. The molecule has 0 saturated heterocycles. The smallest absolute Gasteiger partial charge is 0.251 e. The van der Waals surface area contributed by atoms with E-state index in [9.17, 15) is 4.79 Å². The van der Waals surface area contributed by atoms with Crippen molar-refractivity contribution in [2.24, 2.45) is 0 Å². The molecule has 1 amide bonds. The van der Waals surface area contributed by atoms with Gasteiger partial charge in [0, 0.05) is 30.1 Å². The Bertz CT molecular complexity index is 896. The van der Waals surface area contributed by atoms with Gasteiger partial charge in [0.05, 0.1) is 11.9 Å². The maximum absolute atomic E-state index is 12.5. The third-order valence-corrected chi connectivity index (χ3v) is 4.19. The molecule has 118 valence electrons. The maximum atomic E-state index is 12.5. The van der Waals surface area contributed by atoms with Crippen molar-refractivity contribution in [3.63, 3.8) is 0 Å². The molecule has 0 unspecified atom stereocenters. The van der Waals surface area contributed by atoms with Crippen LogP contribution in [0.25, 0.3) is 11.8 Å². The van der Waals surface area contributed by atoms with Crippen LogP contribution in [-0.2, 0) is 11.2 Å². The van der Waals surface area contributed by atoms with Crippen LogP contribution in [0.4, 0.5) is 5.69 Å². The van der Waals surface area contributed by atoms with Gasteiger partial charge in [-0.25, -0.2) is 4.68 Å². The Morgan fingerprint density at radius 2 is 1.83 bits per heavy atom. The molecule has 1 aliphatic heterocycles. The number of anilines is 1. The zero-order chi connectivity index (χ0) is 16.4. The van der Waals surface area contributed by atoms with E-state index >= 15 is 0 Å². The third kappa shape index (κ3) is 2.74. The lowest BCUT2D eigenvalue weighted by Gasteiger charge is -2.14. The summed E-state index contributed by atoms with van der Waals surface area (Å²) >= 11 is 0. The Kier molecular flexibility index (Phi) is 3.71. The van der Waals surface area contributed by atoms with E-state index in [0.29, 0.717) is 0 Å². The van der Waals surface area contributed by atoms with E-state index in [4.69, 9.17) is 0 Å². The molecule has 0 spiro atoms. The molecule has 0 N–H and O–H groups in total. The van der Waals surface area contributed by atoms with Crippen LogP contribution < -0.4 is 4.90 Å². The number of benzene rings is 2. The lowest BCUT2D eigenvalue weighted by atomic mass is 10.2. The Morgan fingerprint density at radius 1 is 1.04 bits per heavy atom. The molecule has 2 heterocycles. The Balaban J connectivity index is 1.50. The summed E-state index contributed by atoms with van der Waals surface area (Å²) in [5, 5.41) is 4.34. The van der Waals surface area contributed by atoms with E-state index in [1.165, 1.54) is 5.56 Å². The molecule has 2 aromatic carbocycles. The minimum atomic E-state index is 0.00686. The highest BCUT2D eigenvalue weighted by Gasteiger charge is 2.22. The molecule has 4 rings (SSSR count). The molecule has 1 aliphatic rings. The number of fused-ring (bicyclic) bond motifs is 1. The largest absolute Gasteiger partial charge is 0.308 e. The van der Waals surface area contributed by atoms with Crippen LogP contribution in [0.5, 0.6) is 0 Å². The van der Waals surface area contributed by atoms with Crippen LogP contribution in [0.1, 0.15) is 11.1 Å². The number of rotatable bonds is 3. The topological polar surface area (TPSA) is 38.1 Å². The molecule has 3 aromatic rings. The average Bonchev–Trinajstić information content (AvgIpc) is 3.27. The van der Waals surface area contributed by atoms with E-state index in [-0.39, 0.29) is 5.91 Å². The first kappa shape index (κ1) is 14.5. The summed E-state index contributed by atoms with van der Waals surface area (Å²) in [6.07, 6.45) is 8.03. The van der Waals surface area contributed by atoms with Crippen molar-refractivity contribution in [3.8, 4) is 5.69 Å². The quantitative estimate of drug-likeness (QED) is 0.694. The number of amides is 1. The zero-order valence-corrected chi connectivity index (χ0v) is 13.2. The summed E-state index contributed by atoms with van der Waals surface area (Å²) in [6, 6.07) is 18.0. The predicted octanol–water partition coefficient (Wildman–Crippen LogP) is 3.47. The molecular formula is C20H17N3O. The van der Waals surface area contributed by atoms with Gasteiger partial charge in [-0.3, -0.25) is 4.79 Å². The Labute approximate surface area is 140 Å². The van der Waals surface area contributed by atoms with E-state index in [1.54, 1.807) is 17.0 Å². The van der Waals surface area contributed by atoms with Crippen molar-refractivity contribution >= 4 is 17.7 Å². The highest BCUT2D eigenvalue weighted by Crippen LogP contribution is 2.27. The molecule has 0 aliphatic carbocycles. The normalized spacial score (nSPS) is 13.4. The van der Waals surface area contributed by atoms with E-state index in [0.717, 1.165) is 29.9 Å². The number of para-hydroxylation sites is 2. The third-order valence-electron chi connectivity index (χ3n) is 4.19. The predicted molar refractivity (Wildman–Crippen MR) is 95.1 cm³/mol. The second-order valence-corrected chi connectivity index (χ2v) is 5.76. The van der Waals surface area contributed by atoms with E-state index in [2.05, 4.69) is 11.2 Å². The fourth-order valence-corrected chi connectivity index (χ4v) is 2.97. The van der Waals surface area contributed by atoms with Crippen molar-refractivity contribution in [2.75, 3.05) is 11.4 Å². The standard InChI is InChI=1S/C20H17N3O/c24-20(22-13-12-17-6-4-5-9-19(17)22)11-10-16-14-21-23(15-16)18-7-2-1-3-8-18/h1-11,14-15H,12-13H2/b11-10+. The molecule has 0 fully saturated rings. The number of nitrogens with zero attached hydrogens (tertiary/aromatic N) is 3. The number of hydrogen-bond donors (Lipinski definition) is 0. The minimum absolute atomic E-state index is 0.00686. The minimum Gasteiger partial charge on any atom is -0.308 e. The highest BCUT2D eigenvalue weighted by molar-refractivity contribution is 6.05. The lowest BCUT2D eigenvalue weighted by Crippen LogP contribution is -2.26. The lowest BCUT2D eigenvalue weighted by molar-refractivity contribution is -0.114. The number of aromatic nitrogens is 2. The van der Waals surface area contributed by atoms with E-state index < -0.39 is 0 Å². The van der Waals surface area contributed by atoms with Gasteiger partial charge in [0.1, 0.15) is 0 Å². The molecule has 0 radical (unpaired) electrons. The Hall–Kier alpha value is -3.14.